The number of halogens is 2. The van der Waals surface area contributed by atoms with Gasteiger partial charge in [-0.15, -0.1) is 11.8 Å². The van der Waals surface area contributed by atoms with Crippen LogP contribution in [0.15, 0.2) is 53.4 Å². The Morgan fingerprint density at radius 2 is 1.85 bits per heavy atom. The van der Waals surface area contributed by atoms with E-state index in [0.717, 1.165) is 27.8 Å². The van der Waals surface area contributed by atoms with Crippen LogP contribution in [0.5, 0.6) is 0 Å². The summed E-state index contributed by atoms with van der Waals surface area (Å²) in [6, 6.07) is 14.6. The average molecular weight is 310 g/mol. The molecular formula is C16H17ClFNS. The maximum Gasteiger partial charge on any atom is 0.128 e. The predicted octanol–water partition coefficient (Wildman–Crippen LogP) is 4.92. The summed E-state index contributed by atoms with van der Waals surface area (Å²) in [5.74, 6) is 0.617. The first-order valence-corrected chi connectivity index (χ1v) is 7.93. The average Bonchev–Trinajstić information content (AvgIpc) is 2.46. The zero-order valence-corrected chi connectivity index (χ0v) is 12.8. The van der Waals surface area contributed by atoms with Gasteiger partial charge in [-0.25, -0.2) is 4.39 Å². The molecule has 0 bridgehead atoms. The van der Waals surface area contributed by atoms with Gasteiger partial charge in [-0.05, 0) is 36.9 Å². The Balaban J connectivity index is 2.06. The summed E-state index contributed by atoms with van der Waals surface area (Å²) in [5, 5.41) is 4.06. The monoisotopic (exact) mass is 309 g/mol. The van der Waals surface area contributed by atoms with Gasteiger partial charge in [0.15, 0.2) is 0 Å². The highest BCUT2D eigenvalue weighted by Gasteiger charge is 2.14. The molecule has 0 amide bonds. The molecule has 1 atom stereocenters. The van der Waals surface area contributed by atoms with Gasteiger partial charge in [0.05, 0.1) is 0 Å². The van der Waals surface area contributed by atoms with E-state index in [-0.39, 0.29) is 11.9 Å². The molecule has 1 unspecified atom stereocenters. The molecule has 0 spiro atoms. The maximum atomic E-state index is 13.9. The standard InChI is InChI=1S/C16H17ClFNS/c1-2-19-16(14-5-3-4-6-15(14)18)11-20-13-9-7-12(17)8-10-13/h3-10,16,19H,2,11H2,1H3. The van der Waals surface area contributed by atoms with Crippen LogP contribution in [0.3, 0.4) is 0 Å². The highest BCUT2D eigenvalue weighted by molar-refractivity contribution is 7.99. The van der Waals surface area contributed by atoms with Crippen LogP contribution < -0.4 is 5.32 Å². The topological polar surface area (TPSA) is 12.0 Å². The lowest BCUT2D eigenvalue weighted by Gasteiger charge is -2.18. The molecular weight excluding hydrogens is 293 g/mol. The number of rotatable bonds is 6. The number of nitrogens with one attached hydrogen (secondary N) is 1. The Morgan fingerprint density at radius 3 is 2.50 bits per heavy atom. The molecule has 106 valence electrons. The summed E-state index contributed by atoms with van der Waals surface area (Å²) in [6.45, 7) is 2.83. The fourth-order valence-electron chi connectivity index (χ4n) is 1.97. The first-order chi connectivity index (χ1) is 9.70. The van der Waals surface area contributed by atoms with E-state index in [1.54, 1.807) is 17.8 Å². The minimum Gasteiger partial charge on any atom is -0.309 e. The zero-order chi connectivity index (χ0) is 14.4. The van der Waals surface area contributed by atoms with E-state index in [1.807, 2.05) is 43.3 Å². The van der Waals surface area contributed by atoms with Crippen LogP contribution in [0.2, 0.25) is 5.02 Å². The largest absolute Gasteiger partial charge is 0.309 e. The smallest absolute Gasteiger partial charge is 0.128 e. The van der Waals surface area contributed by atoms with Crippen LogP contribution in [0.1, 0.15) is 18.5 Å². The third-order valence-electron chi connectivity index (χ3n) is 2.96. The molecule has 1 nitrogen and oxygen atoms in total. The fourth-order valence-corrected chi connectivity index (χ4v) is 3.08. The first kappa shape index (κ1) is 15.4. The third-order valence-corrected chi connectivity index (χ3v) is 4.32. The molecule has 0 heterocycles. The Morgan fingerprint density at radius 1 is 1.15 bits per heavy atom. The SMILES string of the molecule is CCNC(CSc1ccc(Cl)cc1)c1ccccc1F. The van der Waals surface area contributed by atoms with E-state index in [1.165, 1.54) is 6.07 Å². The third kappa shape index (κ3) is 4.23. The van der Waals surface area contributed by atoms with E-state index >= 15 is 0 Å². The Kier molecular flexibility index (Phi) is 5.89. The van der Waals surface area contributed by atoms with Crippen molar-refractivity contribution in [1.82, 2.24) is 5.32 Å². The van der Waals surface area contributed by atoms with Crippen molar-refractivity contribution in [3.05, 3.63) is 64.9 Å². The fraction of sp³-hybridized carbons (Fsp3) is 0.250. The normalized spacial score (nSPS) is 12.3. The highest BCUT2D eigenvalue weighted by Crippen LogP contribution is 2.27. The van der Waals surface area contributed by atoms with E-state index in [2.05, 4.69) is 5.32 Å². The molecule has 2 aromatic carbocycles. The number of hydrogen-bond acceptors (Lipinski definition) is 2. The quantitative estimate of drug-likeness (QED) is 0.760. The van der Waals surface area contributed by atoms with Crippen molar-refractivity contribution in [3.63, 3.8) is 0 Å². The minimum atomic E-state index is -0.157. The van der Waals surface area contributed by atoms with Gasteiger partial charge >= 0.3 is 0 Å². The van der Waals surface area contributed by atoms with Crippen molar-refractivity contribution in [2.45, 2.75) is 17.9 Å². The van der Waals surface area contributed by atoms with Crippen molar-refractivity contribution in [2.75, 3.05) is 12.3 Å². The molecule has 0 saturated heterocycles. The van der Waals surface area contributed by atoms with Crippen LogP contribution in [0.4, 0.5) is 4.39 Å². The molecule has 0 fully saturated rings. The summed E-state index contributed by atoms with van der Waals surface area (Å²) >= 11 is 7.56. The molecule has 2 rings (SSSR count). The van der Waals surface area contributed by atoms with Gasteiger partial charge in [-0.1, -0.05) is 36.7 Å². The van der Waals surface area contributed by atoms with Crippen LogP contribution in [0.25, 0.3) is 0 Å². The molecule has 1 N–H and O–H groups in total. The second-order valence-electron chi connectivity index (χ2n) is 4.40. The number of hydrogen-bond donors (Lipinski definition) is 1. The second-order valence-corrected chi connectivity index (χ2v) is 5.93. The summed E-state index contributed by atoms with van der Waals surface area (Å²) in [6.07, 6.45) is 0. The predicted molar refractivity (Wildman–Crippen MR) is 85.0 cm³/mol. The lowest BCUT2D eigenvalue weighted by Crippen LogP contribution is -2.23. The molecule has 0 saturated carbocycles. The molecule has 0 radical (unpaired) electrons. The summed E-state index contributed by atoms with van der Waals surface area (Å²) < 4.78 is 13.9. The van der Waals surface area contributed by atoms with E-state index in [9.17, 15) is 4.39 Å². The Hall–Kier alpha value is -1.03. The molecule has 0 aliphatic rings. The van der Waals surface area contributed by atoms with Crippen molar-refractivity contribution in [1.29, 1.82) is 0 Å². The van der Waals surface area contributed by atoms with Gasteiger partial charge < -0.3 is 5.32 Å². The summed E-state index contributed by atoms with van der Waals surface area (Å²) in [4.78, 5) is 1.13. The molecule has 0 aliphatic heterocycles. The first-order valence-electron chi connectivity index (χ1n) is 6.57. The Bertz CT molecular complexity index is 544. The maximum absolute atomic E-state index is 13.9. The van der Waals surface area contributed by atoms with Crippen LogP contribution >= 0.6 is 23.4 Å². The highest BCUT2D eigenvalue weighted by atomic mass is 35.5. The van der Waals surface area contributed by atoms with Gasteiger partial charge in [-0.2, -0.15) is 0 Å². The minimum absolute atomic E-state index is 0.00174. The van der Waals surface area contributed by atoms with E-state index in [0.29, 0.717) is 0 Å². The Labute approximate surface area is 128 Å². The molecule has 20 heavy (non-hydrogen) atoms. The summed E-state index contributed by atoms with van der Waals surface area (Å²) in [5.41, 5.74) is 0.718. The van der Waals surface area contributed by atoms with Gasteiger partial charge in [0.2, 0.25) is 0 Å². The van der Waals surface area contributed by atoms with Crippen molar-refractivity contribution >= 4 is 23.4 Å². The number of thioether (sulfide) groups is 1. The molecule has 4 heteroatoms. The lowest BCUT2D eigenvalue weighted by atomic mass is 10.1. The number of benzene rings is 2. The molecule has 0 aromatic heterocycles. The van der Waals surface area contributed by atoms with Crippen LogP contribution in [0, 0.1) is 5.82 Å². The molecule has 0 aliphatic carbocycles. The van der Waals surface area contributed by atoms with E-state index < -0.39 is 0 Å². The second kappa shape index (κ2) is 7.67. The zero-order valence-electron chi connectivity index (χ0n) is 11.3. The van der Waals surface area contributed by atoms with Crippen LogP contribution in [-0.4, -0.2) is 12.3 Å². The molecule has 2 aromatic rings. The van der Waals surface area contributed by atoms with Crippen molar-refractivity contribution < 1.29 is 4.39 Å². The van der Waals surface area contributed by atoms with Gasteiger partial charge in [0, 0.05) is 27.3 Å². The van der Waals surface area contributed by atoms with Gasteiger partial charge in [-0.3, -0.25) is 0 Å². The van der Waals surface area contributed by atoms with E-state index in [4.69, 9.17) is 11.6 Å². The van der Waals surface area contributed by atoms with Gasteiger partial charge in [0.1, 0.15) is 5.82 Å². The van der Waals surface area contributed by atoms with Crippen molar-refractivity contribution in [2.24, 2.45) is 0 Å². The lowest BCUT2D eigenvalue weighted by molar-refractivity contribution is 0.545. The summed E-state index contributed by atoms with van der Waals surface area (Å²) in [7, 11) is 0. The van der Waals surface area contributed by atoms with Gasteiger partial charge in [0.25, 0.3) is 0 Å². The van der Waals surface area contributed by atoms with Crippen LogP contribution in [-0.2, 0) is 0 Å². The van der Waals surface area contributed by atoms with Crippen molar-refractivity contribution in [3.8, 4) is 0 Å².